The maximum Gasteiger partial charge on any atom is 0.264 e. The molecule has 0 aromatic heterocycles. The Hall–Kier alpha value is -3.04. The molecule has 1 N–H and O–H groups in total. The van der Waals surface area contributed by atoms with Gasteiger partial charge in [-0.1, -0.05) is 18.2 Å². The van der Waals surface area contributed by atoms with Crippen LogP contribution in [0.2, 0.25) is 0 Å². The average Bonchev–Trinajstić information content (AvgIpc) is 2.82. The minimum absolute atomic E-state index is 0.0175. The van der Waals surface area contributed by atoms with Crippen LogP contribution in [0, 0.1) is 5.82 Å². The van der Waals surface area contributed by atoms with Crippen molar-refractivity contribution in [2.45, 2.75) is 23.3 Å². The van der Waals surface area contributed by atoms with Crippen LogP contribution in [0.25, 0.3) is 0 Å². The lowest BCUT2D eigenvalue weighted by molar-refractivity contribution is -0.119. The summed E-state index contributed by atoms with van der Waals surface area (Å²) >= 11 is 1.48. The van der Waals surface area contributed by atoms with E-state index in [0.717, 1.165) is 26.6 Å². The molecule has 0 bridgehead atoms. The molecule has 0 aliphatic rings. The Labute approximate surface area is 197 Å². The third-order valence-electron chi connectivity index (χ3n) is 4.75. The van der Waals surface area contributed by atoms with E-state index in [9.17, 15) is 17.6 Å². The van der Waals surface area contributed by atoms with Gasteiger partial charge in [-0.15, -0.1) is 11.8 Å². The Balaban J connectivity index is 1.80. The molecule has 9 heteroatoms. The molecule has 3 aromatic rings. The smallest absolute Gasteiger partial charge is 0.264 e. The van der Waals surface area contributed by atoms with Crippen molar-refractivity contribution in [3.8, 4) is 5.75 Å². The molecule has 0 aliphatic carbocycles. The van der Waals surface area contributed by atoms with Crippen LogP contribution in [0.4, 0.5) is 10.1 Å². The fraction of sp³-hybridized carbons (Fsp3) is 0.208. The first-order valence-electron chi connectivity index (χ1n) is 10.2. The highest BCUT2D eigenvalue weighted by Gasteiger charge is 2.27. The van der Waals surface area contributed by atoms with Gasteiger partial charge in [0.25, 0.3) is 10.0 Å². The predicted octanol–water partition coefficient (Wildman–Crippen LogP) is 4.46. The molecule has 0 saturated carbocycles. The SMILES string of the molecule is CCOc1ccc(CNC(=O)CN(c2cccc(F)c2)S(=O)(=O)c2ccc(SC)cc2)cc1. The van der Waals surface area contributed by atoms with E-state index in [4.69, 9.17) is 4.74 Å². The third kappa shape index (κ3) is 6.49. The van der Waals surface area contributed by atoms with Gasteiger partial charge in [0, 0.05) is 11.4 Å². The zero-order valence-corrected chi connectivity index (χ0v) is 20.0. The zero-order valence-electron chi connectivity index (χ0n) is 18.3. The summed E-state index contributed by atoms with van der Waals surface area (Å²) in [6.45, 7) is 2.17. The molecule has 3 rings (SSSR count). The van der Waals surface area contributed by atoms with Crippen molar-refractivity contribution < 1.29 is 22.3 Å². The lowest BCUT2D eigenvalue weighted by Gasteiger charge is -2.24. The van der Waals surface area contributed by atoms with Crippen LogP contribution >= 0.6 is 11.8 Å². The van der Waals surface area contributed by atoms with Gasteiger partial charge >= 0.3 is 0 Å². The summed E-state index contributed by atoms with van der Waals surface area (Å²) in [5.74, 6) is -0.388. The molecule has 3 aromatic carbocycles. The minimum Gasteiger partial charge on any atom is -0.494 e. The van der Waals surface area contributed by atoms with Gasteiger partial charge in [-0.2, -0.15) is 0 Å². The van der Waals surface area contributed by atoms with Gasteiger partial charge in [-0.25, -0.2) is 12.8 Å². The van der Waals surface area contributed by atoms with Crippen molar-refractivity contribution in [3.05, 3.63) is 84.2 Å². The maximum atomic E-state index is 13.9. The third-order valence-corrected chi connectivity index (χ3v) is 7.29. The van der Waals surface area contributed by atoms with Gasteiger partial charge in [-0.05, 0) is 73.3 Å². The Morgan fingerprint density at radius 1 is 1.06 bits per heavy atom. The maximum absolute atomic E-state index is 13.9. The molecule has 0 radical (unpaired) electrons. The Bertz CT molecular complexity index is 1180. The van der Waals surface area contributed by atoms with Crippen LogP contribution < -0.4 is 14.4 Å². The van der Waals surface area contributed by atoms with Gasteiger partial charge in [0.15, 0.2) is 0 Å². The van der Waals surface area contributed by atoms with Crippen molar-refractivity contribution in [2.24, 2.45) is 0 Å². The standard InChI is InChI=1S/C24H25FN2O4S2/c1-3-31-21-9-7-18(8-10-21)16-26-24(28)17-27(20-6-4-5-19(25)15-20)33(29,30)23-13-11-22(32-2)12-14-23/h4-15H,3,16-17H2,1-2H3,(H,26,28). The Morgan fingerprint density at radius 2 is 1.76 bits per heavy atom. The number of hydrogen-bond acceptors (Lipinski definition) is 5. The molecular formula is C24H25FN2O4S2. The first kappa shape index (κ1) is 24.6. The summed E-state index contributed by atoms with van der Waals surface area (Å²) in [6, 6.07) is 18.7. The van der Waals surface area contributed by atoms with Crippen LogP contribution in [0.5, 0.6) is 5.75 Å². The molecule has 174 valence electrons. The monoisotopic (exact) mass is 488 g/mol. The van der Waals surface area contributed by atoms with Crippen LogP contribution in [0.15, 0.2) is 82.6 Å². The van der Waals surface area contributed by atoms with E-state index < -0.39 is 28.3 Å². The quantitative estimate of drug-likeness (QED) is 0.427. The highest BCUT2D eigenvalue weighted by molar-refractivity contribution is 7.98. The van der Waals surface area contributed by atoms with Gasteiger partial charge in [-0.3, -0.25) is 9.10 Å². The summed E-state index contributed by atoms with van der Waals surface area (Å²) < 4.78 is 46.9. The van der Waals surface area contributed by atoms with Crippen LogP contribution in [0.3, 0.4) is 0 Å². The number of thioether (sulfide) groups is 1. The van der Waals surface area contributed by atoms with Crippen molar-refractivity contribution >= 4 is 33.4 Å². The number of hydrogen-bond donors (Lipinski definition) is 1. The number of nitrogens with zero attached hydrogens (tertiary/aromatic N) is 1. The van der Waals surface area contributed by atoms with E-state index in [1.807, 2.05) is 25.3 Å². The van der Waals surface area contributed by atoms with Gasteiger partial charge in [0.2, 0.25) is 5.91 Å². The number of ether oxygens (including phenoxy) is 1. The normalized spacial score (nSPS) is 11.1. The van der Waals surface area contributed by atoms with Crippen LogP contribution in [-0.4, -0.2) is 33.7 Å². The Morgan fingerprint density at radius 3 is 2.36 bits per heavy atom. The summed E-state index contributed by atoms with van der Waals surface area (Å²) in [5, 5.41) is 2.72. The molecule has 0 heterocycles. The lowest BCUT2D eigenvalue weighted by Crippen LogP contribution is -2.40. The second kappa shape index (κ2) is 11.2. The van der Waals surface area contributed by atoms with E-state index in [2.05, 4.69) is 5.32 Å². The van der Waals surface area contributed by atoms with Gasteiger partial charge in [0.1, 0.15) is 18.1 Å². The number of rotatable bonds is 10. The molecule has 0 fully saturated rings. The number of sulfonamides is 1. The highest BCUT2D eigenvalue weighted by Crippen LogP contribution is 2.26. The number of carbonyl (C=O) groups is 1. The number of amides is 1. The second-order valence-electron chi connectivity index (χ2n) is 7.02. The van der Waals surface area contributed by atoms with Gasteiger partial charge < -0.3 is 10.1 Å². The van der Waals surface area contributed by atoms with Crippen molar-refractivity contribution in [2.75, 3.05) is 23.7 Å². The van der Waals surface area contributed by atoms with E-state index >= 15 is 0 Å². The number of carbonyl (C=O) groups excluding carboxylic acids is 1. The molecule has 0 unspecified atom stereocenters. The number of nitrogens with one attached hydrogen (secondary N) is 1. The molecule has 1 amide bonds. The first-order valence-corrected chi connectivity index (χ1v) is 12.9. The average molecular weight is 489 g/mol. The van der Waals surface area contributed by atoms with E-state index in [1.165, 1.54) is 42.1 Å². The first-order chi connectivity index (χ1) is 15.8. The van der Waals surface area contributed by atoms with E-state index in [0.29, 0.717) is 6.61 Å². The van der Waals surface area contributed by atoms with Crippen LogP contribution in [0.1, 0.15) is 12.5 Å². The molecule has 0 aliphatic heterocycles. The van der Waals surface area contributed by atoms with Crippen molar-refractivity contribution in [1.82, 2.24) is 5.32 Å². The molecule has 33 heavy (non-hydrogen) atoms. The summed E-state index contributed by atoms with van der Waals surface area (Å²) in [4.78, 5) is 13.6. The summed E-state index contributed by atoms with van der Waals surface area (Å²) in [7, 11) is -4.11. The number of halogens is 1. The van der Waals surface area contributed by atoms with Crippen LogP contribution in [-0.2, 0) is 21.4 Å². The molecule has 0 spiro atoms. The zero-order chi connectivity index (χ0) is 23.8. The summed E-state index contributed by atoms with van der Waals surface area (Å²) in [6.07, 6.45) is 1.89. The number of benzene rings is 3. The largest absolute Gasteiger partial charge is 0.494 e. The Kier molecular flexibility index (Phi) is 8.35. The molecular weight excluding hydrogens is 463 g/mol. The fourth-order valence-corrected chi connectivity index (χ4v) is 4.90. The molecule has 6 nitrogen and oxygen atoms in total. The topological polar surface area (TPSA) is 75.7 Å². The van der Waals surface area contributed by atoms with E-state index in [-0.39, 0.29) is 17.1 Å². The fourth-order valence-electron chi connectivity index (χ4n) is 3.08. The molecule has 0 saturated heterocycles. The lowest BCUT2D eigenvalue weighted by atomic mass is 10.2. The van der Waals surface area contributed by atoms with Crippen molar-refractivity contribution in [1.29, 1.82) is 0 Å². The second-order valence-corrected chi connectivity index (χ2v) is 9.76. The summed E-state index contributed by atoms with van der Waals surface area (Å²) in [5.41, 5.74) is 0.903. The van der Waals surface area contributed by atoms with Crippen molar-refractivity contribution in [3.63, 3.8) is 0 Å². The minimum atomic E-state index is -4.11. The van der Waals surface area contributed by atoms with Gasteiger partial charge in [0.05, 0.1) is 17.2 Å². The molecule has 0 atom stereocenters. The van der Waals surface area contributed by atoms with E-state index in [1.54, 1.807) is 24.3 Å². The predicted molar refractivity (Wildman–Crippen MR) is 129 cm³/mol. The highest BCUT2D eigenvalue weighted by atomic mass is 32.2. The number of anilines is 1.